The normalized spacial score (nSPS) is 17.8. The first-order chi connectivity index (χ1) is 11.6. The Kier molecular flexibility index (Phi) is 3.53. The Balaban J connectivity index is 1.74. The lowest BCUT2D eigenvalue weighted by Crippen LogP contribution is -2.31. The third kappa shape index (κ3) is 2.19. The minimum absolute atomic E-state index is 0.0580. The van der Waals surface area contributed by atoms with Gasteiger partial charge in [-0.15, -0.1) is 0 Å². The number of nitrogens with zero attached hydrogens (tertiary/aromatic N) is 6. The van der Waals surface area contributed by atoms with Crippen molar-refractivity contribution in [3.05, 3.63) is 46.6 Å². The van der Waals surface area contributed by atoms with Gasteiger partial charge in [0.05, 0.1) is 17.9 Å². The van der Waals surface area contributed by atoms with Gasteiger partial charge in [0, 0.05) is 31.5 Å². The highest BCUT2D eigenvalue weighted by Gasteiger charge is 2.35. The topological polar surface area (TPSA) is 68.3 Å². The molecule has 3 aromatic rings. The van der Waals surface area contributed by atoms with E-state index in [-0.39, 0.29) is 11.9 Å². The maximum Gasteiger partial charge on any atom is 0.259 e. The van der Waals surface area contributed by atoms with Crippen LogP contribution in [0.2, 0.25) is 5.15 Å². The van der Waals surface area contributed by atoms with E-state index in [1.807, 2.05) is 18.9 Å². The zero-order chi connectivity index (χ0) is 16.8. The summed E-state index contributed by atoms with van der Waals surface area (Å²) in [5.41, 5.74) is 2.89. The third-order valence-electron chi connectivity index (χ3n) is 4.55. The van der Waals surface area contributed by atoms with Crippen molar-refractivity contribution < 1.29 is 4.79 Å². The molecule has 0 radical (unpaired) electrons. The van der Waals surface area contributed by atoms with E-state index in [0.717, 1.165) is 24.1 Å². The highest BCUT2D eigenvalue weighted by molar-refractivity contribution is 6.30. The Morgan fingerprint density at radius 3 is 3.00 bits per heavy atom. The number of aromatic nitrogens is 5. The lowest BCUT2D eigenvalue weighted by atomic mass is 10.1. The Morgan fingerprint density at radius 2 is 2.25 bits per heavy atom. The lowest BCUT2D eigenvalue weighted by molar-refractivity contribution is 0.0737. The van der Waals surface area contributed by atoms with Crippen LogP contribution in [0.25, 0.3) is 5.65 Å². The summed E-state index contributed by atoms with van der Waals surface area (Å²) in [7, 11) is 1.81. The van der Waals surface area contributed by atoms with Crippen molar-refractivity contribution in [3.8, 4) is 0 Å². The number of aryl methyl sites for hydroxylation is 2. The van der Waals surface area contributed by atoms with E-state index in [2.05, 4.69) is 15.2 Å². The van der Waals surface area contributed by atoms with Crippen LogP contribution in [0.5, 0.6) is 0 Å². The summed E-state index contributed by atoms with van der Waals surface area (Å²) in [6.07, 6.45) is 6.84. The molecule has 0 saturated carbocycles. The fraction of sp³-hybridized carbons (Fsp3) is 0.375. The molecule has 0 aromatic carbocycles. The number of carbonyl (C=O) groups is 1. The van der Waals surface area contributed by atoms with Crippen molar-refractivity contribution in [2.24, 2.45) is 7.05 Å². The molecule has 1 saturated heterocycles. The van der Waals surface area contributed by atoms with Crippen molar-refractivity contribution in [3.63, 3.8) is 0 Å². The van der Waals surface area contributed by atoms with E-state index in [1.165, 1.54) is 0 Å². The van der Waals surface area contributed by atoms with Gasteiger partial charge in [-0.1, -0.05) is 11.6 Å². The maximum absolute atomic E-state index is 13.1. The first-order valence-electron chi connectivity index (χ1n) is 7.86. The molecule has 1 aliphatic heterocycles. The summed E-state index contributed by atoms with van der Waals surface area (Å²) in [5, 5.41) is 9.18. The van der Waals surface area contributed by atoms with Crippen LogP contribution in [0.3, 0.4) is 0 Å². The number of amides is 1. The summed E-state index contributed by atoms with van der Waals surface area (Å²) in [6, 6.07) is 1.73. The average Bonchev–Trinajstić information content (AvgIpc) is 3.26. The van der Waals surface area contributed by atoms with Crippen LogP contribution in [0.4, 0.5) is 0 Å². The molecule has 3 aromatic heterocycles. The van der Waals surface area contributed by atoms with Gasteiger partial charge in [-0.05, 0) is 25.8 Å². The van der Waals surface area contributed by atoms with Crippen LogP contribution in [0.15, 0.2) is 24.7 Å². The van der Waals surface area contributed by atoms with Crippen LogP contribution in [0, 0.1) is 6.92 Å². The number of rotatable bonds is 2. The van der Waals surface area contributed by atoms with Gasteiger partial charge in [-0.25, -0.2) is 9.50 Å². The molecule has 24 heavy (non-hydrogen) atoms. The highest BCUT2D eigenvalue weighted by atomic mass is 35.5. The number of fused-ring (bicyclic) bond motifs is 1. The molecule has 1 atom stereocenters. The fourth-order valence-electron chi connectivity index (χ4n) is 3.47. The SMILES string of the molecule is Cc1nn(C)c(Cl)c1[C@H]1CCCN1C(=O)c1cnn2cccnc12. The van der Waals surface area contributed by atoms with Gasteiger partial charge in [0.2, 0.25) is 0 Å². The monoisotopic (exact) mass is 344 g/mol. The molecule has 4 heterocycles. The number of hydrogen-bond donors (Lipinski definition) is 0. The van der Waals surface area contributed by atoms with E-state index < -0.39 is 0 Å². The van der Waals surface area contributed by atoms with Gasteiger partial charge in [-0.2, -0.15) is 10.2 Å². The summed E-state index contributed by atoms with van der Waals surface area (Å²) in [5.74, 6) is -0.0643. The second-order valence-corrected chi connectivity index (χ2v) is 6.37. The summed E-state index contributed by atoms with van der Waals surface area (Å²) < 4.78 is 3.27. The van der Waals surface area contributed by atoms with Gasteiger partial charge < -0.3 is 4.90 Å². The zero-order valence-corrected chi connectivity index (χ0v) is 14.2. The molecule has 0 spiro atoms. The second-order valence-electron chi connectivity index (χ2n) is 6.02. The van der Waals surface area contributed by atoms with Gasteiger partial charge >= 0.3 is 0 Å². The molecular formula is C16H17ClN6O. The Labute approximate surface area is 143 Å². The Bertz CT molecular complexity index is 930. The average molecular weight is 345 g/mol. The van der Waals surface area contributed by atoms with Crippen molar-refractivity contribution >= 4 is 23.2 Å². The van der Waals surface area contributed by atoms with E-state index in [9.17, 15) is 4.79 Å². The second kappa shape index (κ2) is 5.59. The quantitative estimate of drug-likeness (QED) is 0.716. The Morgan fingerprint density at radius 1 is 1.42 bits per heavy atom. The molecule has 124 valence electrons. The predicted molar refractivity (Wildman–Crippen MR) is 89.0 cm³/mol. The summed E-state index contributed by atoms with van der Waals surface area (Å²) >= 11 is 6.42. The minimum Gasteiger partial charge on any atom is -0.331 e. The summed E-state index contributed by atoms with van der Waals surface area (Å²) in [6.45, 7) is 2.62. The van der Waals surface area contributed by atoms with Gasteiger partial charge in [0.15, 0.2) is 5.65 Å². The standard InChI is InChI=1S/C16H17ClN6O/c1-10-13(14(17)21(2)20-10)12-5-3-7-22(12)16(24)11-9-19-23-8-4-6-18-15(11)23/h4,6,8-9,12H,3,5,7H2,1-2H3/t12-/m1/s1. The molecule has 8 heteroatoms. The fourth-order valence-corrected chi connectivity index (χ4v) is 3.77. The van der Waals surface area contributed by atoms with Crippen LogP contribution in [-0.4, -0.2) is 41.7 Å². The molecule has 0 bridgehead atoms. The first kappa shape index (κ1) is 15.1. The zero-order valence-electron chi connectivity index (χ0n) is 13.5. The van der Waals surface area contributed by atoms with E-state index in [0.29, 0.717) is 22.9 Å². The molecule has 0 unspecified atom stereocenters. The van der Waals surface area contributed by atoms with Crippen molar-refractivity contribution in [1.82, 2.24) is 29.3 Å². The maximum atomic E-state index is 13.1. The van der Waals surface area contributed by atoms with Crippen LogP contribution in [0.1, 0.15) is 40.5 Å². The highest BCUT2D eigenvalue weighted by Crippen LogP contribution is 2.38. The van der Waals surface area contributed by atoms with Crippen molar-refractivity contribution in [2.45, 2.75) is 25.8 Å². The van der Waals surface area contributed by atoms with E-state index >= 15 is 0 Å². The van der Waals surface area contributed by atoms with Crippen molar-refractivity contribution in [1.29, 1.82) is 0 Å². The lowest BCUT2D eigenvalue weighted by Gasteiger charge is -2.24. The van der Waals surface area contributed by atoms with Crippen LogP contribution < -0.4 is 0 Å². The first-order valence-corrected chi connectivity index (χ1v) is 8.24. The molecule has 1 amide bonds. The number of halogens is 1. The number of hydrogen-bond acceptors (Lipinski definition) is 4. The molecule has 0 aliphatic carbocycles. The molecule has 1 fully saturated rings. The molecule has 7 nitrogen and oxygen atoms in total. The minimum atomic E-state index is -0.0643. The van der Waals surface area contributed by atoms with Gasteiger partial charge in [0.1, 0.15) is 10.7 Å². The number of likely N-dealkylation sites (tertiary alicyclic amines) is 1. The van der Waals surface area contributed by atoms with Gasteiger partial charge in [0.25, 0.3) is 5.91 Å². The number of carbonyl (C=O) groups excluding carboxylic acids is 1. The third-order valence-corrected chi connectivity index (χ3v) is 5.00. The van der Waals surface area contributed by atoms with Crippen molar-refractivity contribution in [2.75, 3.05) is 6.54 Å². The van der Waals surface area contributed by atoms with Crippen LogP contribution >= 0.6 is 11.6 Å². The van der Waals surface area contributed by atoms with E-state index in [1.54, 1.807) is 33.9 Å². The van der Waals surface area contributed by atoms with E-state index in [4.69, 9.17) is 11.6 Å². The summed E-state index contributed by atoms with van der Waals surface area (Å²) in [4.78, 5) is 19.2. The molecule has 0 N–H and O–H groups in total. The largest absolute Gasteiger partial charge is 0.331 e. The van der Waals surface area contributed by atoms with Crippen LogP contribution in [-0.2, 0) is 7.05 Å². The van der Waals surface area contributed by atoms with Gasteiger partial charge in [-0.3, -0.25) is 9.48 Å². The predicted octanol–water partition coefficient (Wildman–Crippen LogP) is 2.40. The molecule has 1 aliphatic rings. The molecular weight excluding hydrogens is 328 g/mol. The Hall–Kier alpha value is -2.41. The molecule has 4 rings (SSSR count). The smallest absolute Gasteiger partial charge is 0.259 e.